The molecule has 0 saturated carbocycles. The van der Waals surface area contributed by atoms with Crippen LogP contribution in [0.25, 0.3) is 0 Å². The summed E-state index contributed by atoms with van der Waals surface area (Å²) in [4.78, 5) is 25.6. The van der Waals surface area contributed by atoms with Crippen molar-refractivity contribution in [2.45, 2.75) is 13.3 Å². The van der Waals surface area contributed by atoms with Crippen LogP contribution in [0, 0.1) is 5.82 Å². The van der Waals surface area contributed by atoms with Gasteiger partial charge in [0.2, 0.25) is 5.95 Å². The molecule has 0 bridgehead atoms. The average Bonchev–Trinajstić information content (AvgIpc) is 2.69. The van der Waals surface area contributed by atoms with Gasteiger partial charge in [-0.1, -0.05) is 19.1 Å². The van der Waals surface area contributed by atoms with Crippen LogP contribution in [0.4, 0.5) is 10.3 Å². The Morgan fingerprint density at radius 1 is 1.15 bits per heavy atom. The molecule has 1 aromatic heterocycles. The molecule has 0 atom stereocenters. The number of likely N-dealkylation sites (N-methyl/N-ethyl adjacent to an activating group) is 1. The molecule has 2 heterocycles. The number of halogens is 1. The second-order valence-corrected chi connectivity index (χ2v) is 6.30. The highest BCUT2D eigenvalue weighted by Gasteiger charge is 2.19. The fourth-order valence-corrected chi connectivity index (χ4v) is 2.95. The standard InChI is InChI=1S/C19H24FN5O/c1-2-24-11-13-25(14-12-24)19-22-10-8-17(23-19)18(26)21-9-7-15-3-5-16(20)6-4-15/h3-6,8,10H,2,7,9,11-14H2,1H3,(H,21,26). The number of carbonyl (C=O) groups is 1. The minimum absolute atomic E-state index is 0.219. The first-order valence-electron chi connectivity index (χ1n) is 8.98. The van der Waals surface area contributed by atoms with Crippen LogP contribution in [-0.4, -0.2) is 60.0 Å². The van der Waals surface area contributed by atoms with E-state index in [0.717, 1.165) is 38.3 Å². The van der Waals surface area contributed by atoms with E-state index in [2.05, 4.69) is 32.0 Å². The molecule has 1 saturated heterocycles. The Bertz CT molecular complexity index is 729. The van der Waals surface area contributed by atoms with Crippen molar-refractivity contribution in [3.8, 4) is 0 Å². The molecule has 1 aliphatic rings. The van der Waals surface area contributed by atoms with Gasteiger partial charge >= 0.3 is 0 Å². The zero-order valence-electron chi connectivity index (χ0n) is 15.0. The van der Waals surface area contributed by atoms with Crippen molar-refractivity contribution in [3.05, 3.63) is 53.6 Å². The summed E-state index contributed by atoms with van der Waals surface area (Å²) in [5, 5.41) is 2.86. The van der Waals surface area contributed by atoms with Gasteiger partial charge in [-0.15, -0.1) is 0 Å². The lowest BCUT2D eigenvalue weighted by Crippen LogP contribution is -2.46. The van der Waals surface area contributed by atoms with E-state index in [4.69, 9.17) is 0 Å². The van der Waals surface area contributed by atoms with Crippen molar-refractivity contribution in [2.75, 3.05) is 44.2 Å². The number of anilines is 1. The quantitative estimate of drug-likeness (QED) is 0.853. The molecule has 26 heavy (non-hydrogen) atoms. The van der Waals surface area contributed by atoms with Gasteiger partial charge in [0, 0.05) is 38.9 Å². The van der Waals surface area contributed by atoms with E-state index in [1.54, 1.807) is 24.4 Å². The summed E-state index contributed by atoms with van der Waals surface area (Å²) >= 11 is 0. The van der Waals surface area contributed by atoms with Crippen LogP contribution in [0.15, 0.2) is 36.5 Å². The van der Waals surface area contributed by atoms with E-state index in [1.165, 1.54) is 12.1 Å². The molecule has 1 aromatic carbocycles. The molecule has 0 spiro atoms. The number of hydrogen-bond donors (Lipinski definition) is 1. The molecule has 6 nitrogen and oxygen atoms in total. The Morgan fingerprint density at radius 2 is 1.88 bits per heavy atom. The Kier molecular flexibility index (Phi) is 6.12. The zero-order valence-corrected chi connectivity index (χ0v) is 15.0. The molecule has 0 aliphatic carbocycles. The van der Waals surface area contributed by atoms with Gasteiger partial charge in [0.1, 0.15) is 11.5 Å². The number of benzene rings is 1. The monoisotopic (exact) mass is 357 g/mol. The number of hydrogen-bond acceptors (Lipinski definition) is 5. The molecule has 1 aliphatic heterocycles. The lowest BCUT2D eigenvalue weighted by Gasteiger charge is -2.34. The minimum Gasteiger partial charge on any atom is -0.350 e. The van der Waals surface area contributed by atoms with Crippen LogP contribution in [0.1, 0.15) is 23.0 Å². The van der Waals surface area contributed by atoms with Crippen molar-refractivity contribution >= 4 is 11.9 Å². The summed E-state index contributed by atoms with van der Waals surface area (Å²) < 4.78 is 12.9. The van der Waals surface area contributed by atoms with Gasteiger partial charge in [-0.25, -0.2) is 14.4 Å². The van der Waals surface area contributed by atoms with Crippen molar-refractivity contribution in [3.63, 3.8) is 0 Å². The van der Waals surface area contributed by atoms with Crippen LogP contribution in [0.3, 0.4) is 0 Å². The minimum atomic E-state index is -0.258. The van der Waals surface area contributed by atoms with Gasteiger partial charge in [0.25, 0.3) is 5.91 Å². The number of nitrogens with zero attached hydrogens (tertiary/aromatic N) is 4. The summed E-state index contributed by atoms with van der Waals surface area (Å²) in [5.74, 6) is 0.126. The molecule has 1 fully saturated rings. The maximum atomic E-state index is 12.9. The second-order valence-electron chi connectivity index (χ2n) is 6.30. The molecule has 1 N–H and O–H groups in total. The zero-order chi connectivity index (χ0) is 18.4. The summed E-state index contributed by atoms with van der Waals surface area (Å²) in [5.41, 5.74) is 1.34. The van der Waals surface area contributed by atoms with Crippen molar-refractivity contribution in [2.24, 2.45) is 0 Å². The second kappa shape index (κ2) is 8.71. The highest BCUT2D eigenvalue weighted by atomic mass is 19.1. The van der Waals surface area contributed by atoms with Crippen molar-refractivity contribution < 1.29 is 9.18 Å². The summed E-state index contributed by atoms with van der Waals surface area (Å²) in [6.07, 6.45) is 2.27. The largest absolute Gasteiger partial charge is 0.350 e. The number of aromatic nitrogens is 2. The maximum Gasteiger partial charge on any atom is 0.270 e. The molecule has 7 heteroatoms. The Balaban J connectivity index is 1.53. The van der Waals surface area contributed by atoms with Crippen LogP contribution >= 0.6 is 0 Å². The van der Waals surface area contributed by atoms with Crippen LogP contribution < -0.4 is 10.2 Å². The normalized spacial score (nSPS) is 15.1. The SMILES string of the molecule is CCN1CCN(c2nccc(C(=O)NCCc3ccc(F)cc3)n2)CC1. The van der Waals surface area contributed by atoms with Crippen molar-refractivity contribution in [1.29, 1.82) is 0 Å². The Labute approximate surface area is 153 Å². The van der Waals surface area contributed by atoms with Crippen LogP contribution in [-0.2, 0) is 6.42 Å². The number of piperazine rings is 1. The van der Waals surface area contributed by atoms with E-state index >= 15 is 0 Å². The van der Waals surface area contributed by atoms with E-state index in [9.17, 15) is 9.18 Å². The molecule has 2 aromatic rings. The average molecular weight is 357 g/mol. The van der Waals surface area contributed by atoms with E-state index < -0.39 is 0 Å². The molecule has 3 rings (SSSR count). The first-order valence-corrected chi connectivity index (χ1v) is 8.98. The van der Waals surface area contributed by atoms with Crippen LogP contribution in [0.5, 0.6) is 0 Å². The molecular weight excluding hydrogens is 333 g/mol. The Hall–Kier alpha value is -2.54. The topological polar surface area (TPSA) is 61.4 Å². The number of carbonyl (C=O) groups excluding carboxylic acids is 1. The van der Waals surface area contributed by atoms with Gasteiger partial charge in [-0.2, -0.15) is 0 Å². The highest BCUT2D eigenvalue weighted by Crippen LogP contribution is 2.11. The van der Waals surface area contributed by atoms with Gasteiger partial charge in [-0.3, -0.25) is 4.79 Å². The molecule has 1 amide bonds. The number of amides is 1. The fraction of sp³-hybridized carbons (Fsp3) is 0.421. The highest BCUT2D eigenvalue weighted by molar-refractivity contribution is 5.92. The Morgan fingerprint density at radius 3 is 2.58 bits per heavy atom. The summed E-state index contributed by atoms with van der Waals surface area (Å²) in [6.45, 7) is 7.36. The summed E-state index contributed by atoms with van der Waals surface area (Å²) in [6, 6.07) is 7.91. The first-order chi connectivity index (χ1) is 12.7. The third kappa shape index (κ3) is 4.76. The van der Waals surface area contributed by atoms with E-state index in [-0.39, 0.29) is 11.7 Å². The van der Waals surface area contributed by atoms with Gasteiger partial charge < -0.3 is 15.1 Å². The number of rotatable bonds is 6. The summed E-state index contributed by atoms with van der Waals surface area (Å²) in [7, 11) is 0. The molecule has 0 unspecified atom stereocenters. The van der Waals surface area contributed by atoms with Crippen LogP contribution in [0.2, 0.25) is 0 Å². The third-order valence-electron chi connectivity index (χ3n) is 4.59. The predicted molar refractivity (Wildman–Crippen MR) is 98.8 cm³/mol. The third-order valence-corrected chi connectivity index (χ3v) is 4.59. The first kappa shape index (κ1) is 18.3. The lowest BCUT2D eigenvalue weighted by molar-refractivity contribution is 0.0949. The lowest BCUT2D eigenvalue weighted by atomic mass is 10.1. The predicted octanol–water partition coefficient (Wildman–Crippen LogP) is 1.73. The number of nitrogens with one attached hydrogen (secondary N) is 1. The van der Waals surface area contributed by atoms with E-state index in [0.29, 0.717) is 24.6 Å². The van der Waals surface area contributed by atoms with Gasteiger partial charge in [0.15, 0.2) is 0 Å². The van der Waals surface area contributed by atoms with Gasteiger partial charge in [-0.05, 0) is 36.7 Å². The van der Waals surface area contributed by atoms with E-state index in [1.807, 2.05) is 0 Å². The molecule has 0 radical (unpaired) electrons. The molecular formula is C19H24FN5O. The van der Waals surface area contributed by atoms with Crippen molar-refractivity contribution in [1.82, 2.24) is 20.2 Å². The van der Waals surface area contributed by atoms with Gasteiger partial charge in [0.05, 0.1) is 0 Å². The molecule has 138 valence electrons. The smallest absolute Gasteiger partial charge is 0.270 e. The fourth-order valence-electron chi connectivity index (χ4n) is 2.95. The maximum absolute atomic E-state index is 12.9.